The molecule has 11 heavy (non-hydrogen) atoms. The molecule has 0 rings (SSSR count). The Bertz CT molecular complexity index is 76.5. The summed E-state index contributed by atoms with van der Waals surface area (Å²) in [5.41, 5.74) is 0. The van der Waals surface area contributed by atoms with Gasteiger partial charge in [-0.2, -0.15) is 0 Å². The molecule has 0 aliphatic rings. The third-order valence-electron chi connectivity index (χ3n) is 2.09. The molecule has 0 aliphatic heterocycles. The second-order valence-corrected chi connectivity index (χ2v) is 12.6. The van der Waals surface area contributed by atoms with Gasteiger partial charge in [0.05, 0.1) is 0 Å². The van der Waals surface area contributed by atoms with Crippen LogP contribution in [0.25, 0.3) is 0 Å². The van der Waals surface area contributed by atoms with E-state index >= 15 is 0 Å². The zero-order valence-electron chi connectivity index (χ0n) is 8.12. The summed E-state index contributed by atoms with van der Waals surface area (Å²) < 4.78 is 4.09. The van der Waals surface area contributed by atoms with Gasteiger partial charge in [-0.05, 0) is 0 Å². The van der Waals surface area contributed by atoms with Crippen molar-refractivity contribution in [1.29, 1.82) is 0 Å². The molecule has 0 spiro atoms. The molecule has 0 aromatic heterocycles. The van der Waals surface area contributed by atoms with Crippen molar-refractivity contribution in [3.8, 4) is 0 Å². The Morgan fingerprint density at radius 2 is 1.09 bits per heavy atom. The molecule has 0 saturated heterocycles. The Morgan fingerprint density at radius 3 is 1.27 bits per heavy atom. The van der Waals surface area contributed by atoms with E-state index in [0.717, 1.165) is 0 Å². The zero-order valence-corrected chi connectivity index (χ0v) is 10.4. The van der Waals surface area contributed by atoms with Crippen LogP contribution in [0.2, 0.25) is 14.2 Å². The Kier molecular flexibility index (Phi) is 7.11. The summed E-state index contributed by atoms with van der Waals surface area (Å²) in [6.45, 7) is 6.77. The minimum absolute atomic E-state index is 1.30. The minimum atomic E-state index is -1.77. The number of hydrogen-bond acceptors (Lipinski definition) is 0. The van der Waals surface area contributed by atoms with Crippen molar-refractivity contribution in [2.24, 2.45) is 0 Å². The van der Waals surface area contributed by atoms with Crippen LogP contribution >= 0.6 is 9.30 Å². The summed E-state index contributed by atoms with van der Waals surface area (Å²) >= 11 is -1.77. The summed E-state index contributed by atoms with van der Waals surface area (Å²) in [4.78, 5) is 0. The maximum atomic E-state index is 6.63. The molecule has 0 N–H and O–H groups in total. The first kappa shape index (κ1) is 12.0. The van der Waals surface area contributed by atoms with Crippen LogP contribution in [0.4, 0.5) is 0 Å². The number of halogens is 1. The van der Waals surface area contributed by atoms with Crippen LogP contribution in [0.1, 0.15) is 40.0 Å². The third kappa shape index (κ3) is 5.28. The summed E-state index contributed by atoms with van der Waals surface area (Å²) in [6.07, 6.45) is 3.89. The summed E-state index contributed by atoms with van der Waals surface area (Å²) in [6, 6.07) is 0. The van der Waals surface area contributed by atoms with E-state index in [-0.39, 0.29) is 0 Å². The fourth-order valence-electron chi connectivity index (χ4n) is 1.72. The van der Waals surface area contributed by atoms with E-state index in [1.807, 2.05) is 0 Å². The van der Waals surface area contributed by atoms with Crippen molar-refractivity contribution in [2.75, 3.05) is 0 Å². The quantitative estimate of drug-likeness (QED) is 0.556. The van der Waals surface area contributed by atoms with E-state index in [2.05, 4.69) is 20.8 Å². The van der Waals surface area contributed by atoms with E-state index in [4.69, 9.17) is 9.30 Å². The van der Waals surface area contributed by atoms with E-state index in [1.165, 1.54) is 33.4 Å². The molecular formula is C9H21ClTi. The van der Waals surface area contributed by atoms with Crippen LogP contribution in [0.5, 0.6) is 0 Å². The number of hydrogen-bond donors (Lipinski definition) is 0. The van der Waals surface area contributed by atoms with Gasteiger partial charge in [-0.15, -0.1) is 0 Å². The Hall–Kier alpha value is 1.00. The van der Waals surface area contributed by atoms with E-state index in [0.29, 0.717) is 0 Å². The second-order valence-electron chi connectivity index (χ2n) is 3.40. The molecule has 0 nitrogen and oxygen atoms in total. The van der Waals surface area contributed by atoms with Gasteiger partial charge in [0.15, 0.2) is 0 Å². The van der Waals surface area contributed by atoms with Crippen molar-refractivity contribution in [3.05, 3.63) is 0 Å². The fraction of sp³-hybridized carbons (Fsp3) is 1.00. The second kappa shape index (κ2) is 6.51. The predicted octanol–water partition coefficient (Wildman–Crippen LogP) is 4.78. The Balaban J connectivity index is 3.79. The molecule has 0 aromatic carbocycles. The summed E-state index contributed by atoms with van der Waals surface area (Å²) in [7, 11) is 6.63. The van der Waals surface area contributed by atoms with Crippen LogP contribution < -0.4 is 0 Å². The standard InChI is InChI=1S/3C3H7.ClH.Ti/c3*1-3-2;;/h3*1,3H2,2H3;1H;/q;;;;+1/p-1. The van der Waals surface area contributed by atoms with Crippen molar-refractivity contribution >= 4 is 9.30 Å². The van der Waals surface area contributed by atoms with Gasteiger partial charge < -0.3 is 0 Å². The molecule has 0 radical (unpaired) electrons. The number of rotatable bonds is 6. The van der Waals surface area contributed by atoms with Gasteiger partial charge in [-0.25, -0.2) is 0 Å². The molecule has 0 unspecified atom stereocenters. The first-order valence-electron chi connectivity index (χ1n) is 4.87. The van der Waals surface area contributed by atoms with E-state index in [1.54, 1.807) is 0 Å². The van der Waals surface area contributed by atoms with Gasteiger partial charge in [0, 0.05) is 0 Å². The zero-order chi connectivity index (χ0) is 8.74. The molecule has 0 aromatic rings. The summed E-state index contributed by atoms with van der Waals surface area (Å²) in [5, 5.41) is 0. The Labute approximate surface area is 78.9 Å². The first-order valence-corrected chi connectivity index (χ1v) is 10.3. The summed E-state index contributed by atoms with van der Waals surface area (Å²) in [5.74, 6) is 0. The monoisotopic (exact) mass is 212 g/mol. The van der Waals surface area contributed by atoms with Crippen LogP contribution in [0, 0.1) is 0 Å². The topological polar surface area (TPSA) is 0 Å². The molecule has 0 bridgehead atoms. The molecule has 2 heteroatoms. The van der Waals surface area contributed by atoms with Crippen molar-refractivity contribution < 1.29 is 15.5 Å². The van der Waals surface area contributed by atoms with Gasteiger partial charge >= 0.3 is 79.0 Å². The van der Waals surface area contributed by atoms with Gasteiger partial charge in [0.1, 0.15) is 0 Å². The molecular weight excluding hydrogens is 191 g/mol. The molecule has 0 amide bonds. The maximum absolute atomic E-state index is 6.63. The van der Waals surface area contributed by atoms with Crippen molar-refractivity contribution in [1.82, 2.24) is 0 Å². The molecule has 0 fully saturated rings. The van der Waals surface area contributed by atoms with Crippen LogP contribution in [-0.4, -0.2) is 0 Å². The van der Waals surface area contributed by atoms with E-state index < -0.39 is 15.5 Å². The molecule has 0 heterocycles. The van der Waals surface area contributed by atoms with Gasteiger partial charge in [-0.3, -0.25) is 0 Å². The normalized spacial score (nSPS) is 12.0. The molecule has 0 atom stereocenters. The molecule has 0 aliphatic carbocycles. The van der Waals surface area contributed by atoms with Crippen molar-refractivity contribution in [3.63, 3.8) is 0 Å². The fourth-order valence-corrected chi connectivity index (χ4v) is 9.43. The van der Waals surface area contributed by atoms with Crippen LogP contribution in [0.3, 0.4) is 0 Å². The average molecular weight is 213 g/mol. The Morgan fingerprint density at radius 1 is 0.818 bits per heavy atom. The van der Waals surface area contributed by atoms with Crippen molar-refractivity contribution in [2.45, 2.75) is 54.2 Å². The molecule has 0 saturated carbocycles. The van der Waals surface area contributed by atoms with E-state index in [9.17, 15) is 0 Å². The average Bonchev–Trinajstić information content (AvgIpc) is 1.88. The molecule has 68 valence electrons. The predicted molar refractivity (Wildman–Crippen MR) is 51.1 cm³/mol. The third-order valence-corrected chi connectivity index (χ3v) is 11.0. The van der Waals surface area contributed by atoms with Gasteiger partial charge in [0.2, 0.25) is 0 Å². The van der Waals surface area contributed by atoms with Gasteiger partial charge in [-0.1, -0.05) is 0 Å². The first-order chi connectivity index (χ1) is 5.18. The van der Waals surface area contributed by atoms with Crippen LogP contribution in [-0.2, 0) is 15.5 Å². The SMILES string of the molecule is CC[CH2][Ti]([Cl])([CH2]CC)[CH2]CC. The van der Waals surface area contributed by atoms with Crippen LogP contribution in [0.15, 0.2) is 0 Å². The van der Waals surface area contributed by atoms with Gasteiger partial charge in [0.25, 0.3) is 0 Å².